The van der Waals surface area contributed by atoms with Gasteiger partial charge in [-0.15, -0.1) is 0 Å². The molecule has 2 aliphatic heterocycles. The number of sulfonamides is 1. The maximum Gasteiger partial charge on any atom is 0.262 e. The summed E-state index contributed by atoms with van der Waals surface area (Å²) >= 11 is 6.11. The summed E-state index contributed by atoms with van der Waals surface area (Å²) < 4.78 is 33.0. The van der Waals surface area contributed by atoms with Crippen LogP contribution in [0.1, 0.15) is 26.2 Å². The van der Waals surface area contributed by atoms with Crippen LogP contribution in [-0.4, -0.2) is 51.5 Å². The molecule has 1 amide bonds. The Balaban J connectivity index is 1.68. The van der Waals surface area contributed by atoms with Gasteiger partial charge in [0.2, 0.25) is 10.0 Å². The first-order chi connectivity index (χ1) is 11.9. The summed E-state index contributed by atoms with van der Waals surface area (Å²) in [6.07, 6.45) is 3.52. The fraction of sp³-hybridized carbons (Fsp3) is 0.562. The Morgan fingerprint density at radius 1 is 1.40 bits per heavy atom. The summed E-state index contributed by atoms with van der Waals surface area (Å²) in [7, 11) is -3.76. The number of likely N-dealkylation sites (tertiary alicyclic amines) is 1. The zero-order valence-corrected chi connectivity index (χ0v) is 15.6. The molecule has 25 heavy (non-hydrogen) atoms. The number of nitrogens with one attached hydrogen (secondary N) is 2. The Morgan fingerprint density at radius 2 is 2.20 bits per heavy atom. The number of rotatable bonds is 5. The molecule has 0 spiro atoms. The van der Waals surface area contributed by atoms with Gasteiger partial charge in [0, 0.05) is 25.2 Å². The average Bonchev–Trinajstić information content (AvgIpc) is 2.55. The summed E-state index contributed by atoms with van der Waals surface area (Å²) in [5, 5.41) is 2.64. The highest BCUT2D eigenvalue weighted by Gasteiger charge is 2.25. The number of fused-ring (bicyclic) bond motifs is 1. The number of ether oxygens (including phenoxy) is 1. The van der Waals surface area contributed by atoms with Gasteiger partial charge >= 0.3 is 0 Å². The molecule has 0 saturated carbocycles. The van der Waals surface area contributed by atoms with Crippen LogP contribution in [0.3, 0.4) is 0 Å². The molecule has 2 aliphatic rings. The van der Waals surface area contributed by atoms with Gasteiger partial charge in [-0.1, -0.05) is 18.0 Å². The second-order valence-electron chi connectivity index (χ2n) is 6.39. The number of hydrogen-bond acceptors (Lipinski definition) is 5. The maximum atomic E-state index is 12.6. The monoisotopic (exact) mass is 387 g/mol. The van der Waals surface area contributed by atoms with Crippen LogP contribution in [0, 0.1) is 0 Å². The van der Waals surface area contributed by atoms with Gasteiger partial charge in [-0.05, 0) is 32.4 Å². The van der Waals surface area contributed by atoms with E-state index in [1.165, 1.54) is 18.6 Å². The molecule has 1 fully saturated rings. The highest BCUT2D eigenvalue weighted by Crippen LogP contribution is 2.35. The Bertz CT molecular complexity index is 769. The zero-order valence-electron chi connectivity index (χ0n) is 14.0. The van der Waals surface area contributed by atoms with Crippen molar-refractivity contribution in [3.63, 3.8) is 0 Å². The largest absolute Gasteiger partial charge is 0.482 e. The predicted octanol–water partition coefficient (Wildman–Crippen LogP) is 1.82. The number of benzene rings is 1. The van der Waals surface area contributed by atoms with Crippen LogP contribution in [0.15, 0.2) is 17.0 Å². The van der Waals surface area contributed by atoms with Gasteiger partial charge in [0.05, 0.1) is 10.7 Å². The normalized spacial score (nSPS) is 21.4. The lowest BCUT2D eigenvalue weighted by atomic mass is 10.0. The van der Waals surface area contributed by atoms with E-state index in [4.69, 9.17) is 16.3 Å². The van der Waals surface area contributed by atoms with E-state index in [1.807, 2.05) is 0 Å². The summed E-state index contributed by atoms with van der Waals surface area (Å²) in [5.41, 5.74) is 0.377. The fourth-order valence-corrected chi connectivity index (χ4v) is 4.74. The molecular weight excluding hydrogens is 366 g/mol. The molecule has 1 saturated heterocycles. The molecule has 1 aromatic carbocycles. The second-order valence-corrected chi connectivity index (χ2v) is 8.54. The maximum absolute atomic E-state index is 12.6. The second kappa shape index (κ2) is 7.49. The molecule has 0 radical (unpaired) electrons. The summed E-state index contributed by atoms with van der Waals surface area (Å²) in [6, 6.07) is 3.22. The smallest absolute Gasteiger partial charge is 0.262 e. The fourth-order valence-electron chi connectivity index (χ4n) is 3.18. The molecule has 0 bridgehead atoms. The minimum Gasteiger partial charge on any atom is -0.482 e. The minimum absolute atomic E-state index is 0.0448. The Morgan fingerprint density at radius 3 is 2.96 bits per heavy atom. The van der Waals surface area contributed by atoms with Gasteiger partial charge in [0.25, 0.3) is 5.91 Å². The molecule has 1 aromatic rings. The minimum atomic E-state index is -3.76. The van der Waals surface area contributed by atoms with E-state index < -0.39 is 10.0 Å². The van der Waals surface area contributed by atoms with Crippen molar-refractivity contribution in [3.05, 3.63) is 17.2 Å². The molecule has 7 nitrogen and oxygen atoms in total. The van der Waals surface area contributed by atoms with Gasteiger partial charge in [-0.2, -0.15) is 0 Å². The SMILES string of the molecule is C[C@@H]1CCCCN1CCNS(=O)(=O)c1cc2c(cc1Cl)NC(=O)CO2. The highest BCUT2D eigenvalue weighted by molar-refractivity contribution is 7.89. The number of amides is 1. The number of anilines is 1. The van der Waals surface area contributed by atoms with Gasteiger partial charge in [-0.25, -0.2) is 13.1 Å². The van der Waals surface area contributed by atoms with E-state index in [-0.39, 0.29) is 22.4 Å². The van der Waals surface area contributed by atoms with Crippen molar-refractivity contribution in [3.8, 4) is 5.75 Å². The van der Waals surface area contributed by atoms with E-state index in [0.717, 1.165) is 19.4 Å². The molecular formula is C16H22ClN3O4S. The number of piperidine rings is 1. The lowest BCUT2D eigenvalue weighted by Crippen LogP contribution is -2.42. The molecule has 2 N–H and O–H groups in total. The first-order valence-electron chi connectivity index (χ1n) is 8.37. The molecule has 0 aromatic heterocycles. The van der Waals surface area contributed by atoms with Crippen LogP contribution >= 0.6 is 11.6 Å². The first-order valence-corrected chi connectivity index (χ1v) is 10.2. The quantitative estimate of drug-likeness (QED) is 0.804. The van der Waals surface area contributed by atoms with Crippen molar-refractivity contribution >= 4 is 33.2 Å². The van der Waals surface area contributed by atoms with Gasteiger partial charge in [0.15, 0.2) is 6.61 Å². The number of carbonyl (C=O) groups excluding carboxylic acids is 1. The van der Waals surface area contributed by atoms with Gasteiger partial charge in [0.1, 0.15) is 10.6 Å². The standard InChI is InChI=1S/C16H22ClN3O4S/c1-11-4-2-3-6-20(11)7-5-18-25(22,23)15-9-14-13(8-12(15)17)19-16(21)10-24-14/h8-9,11,18H,2-7,10H2,1H3,(H,19,21)/t11-/m1/s1. The Labute approximate surface area is 152 Å². The molecule has 2 heterocycles. The molecule has 3 rings (SSSR count). The summed E-state index contributed by atoms with van der Waals surface area (Å²) in [5.74, 6) is 0.00183. The van der Waals surface area contributed by atoms with E-state index >= 15 is 0 Å². The number of hydrogen-bond donors (Lipinski definition) is 2. The van der Waals surface area contributed by atoms with Crippen molar-refractivity contribution in [1.82, 2.24) is 9.62 Å². The number of nitrogens with zero attached hydrogens (tertiary/aromatic N) is 1. The van der Waals surface area contributed by atoms with Crippen LogP contribution < -0.4 is 14.8 Å². The van der Waals surface area contributed by atoms with E-state index in [1.54, 1.807) is 0 Å². The lowest BCUT2D eigenvalue weighted by Gasteiger charge is -2.33. The van der Waals surface area contributed by atoms with E-state index in [2.05, 4.69) is 21.9 Å². The van der Waals surface area contributed by atoms with Gasteiger partial charge < -0.3 is 10.1 Å². The van der Waals surface area contributed by atoms with Crippen LogP contribution in [0.4, 0.5) is 5.69 Å². The van der Waals surface area contributed by atoms with Crippen molar-refractivity contribution in [2.75, 3.05) is 31.6 Å². The highest BCUT2D eigenvalue weighted by atomic mass is 35.5. The molecule has 1 atom stereocenters. The zero-order chi connectivity index (χ0) is 18.0. The van der Waals surface area contributed by atoms with Gasteiger partial charge in [-0.3, -0.25) is 9.69 Å². The van der Waals surface area contributed by atoms with Crippen molar-refractivity contribution in [2.45, 2.75) is 37.1 Å². The third-order valence-corrected chi connectivity index (χ3v) is 6.51. The molecule has 0 aliphatic carbocycles. The predicted molar refractivity (Wildman–Crippen MR) is 95.7 cm³/mol. The molecule has 0 unspecified atom stereocenters. The lowest BCUT2D eigenvalue weighted by molar-refractivity contribution is -0.118. The molecule has 138 valence electrons. The Hall–Kier alpha value is -1.35. The third-order valence-electron chi connectivity index (χ3n) is 4.59. The van der Waals surface area contributed by atoms with E-state index in [0.29, 0.717) is 30.6 Å². The first kappa shape index (κ1) is 18.4. The van der Waals surface area contributed by atoms with E-state index in [9.17, 15) is 13.2 Å². The van der Waals surface area contributed by atoms with Crippen molar-refractivity contribution in [2.24, 2.45) is 0 Å². The topological polar surface area (TPSA) is 87.7 Å². The van der Waals surface area contributed by atoms with Crippen LogP contribution in [0.5, 0.6) is 5.75 Å². The van der Waals surface area contributed by atoms with Crippen LogP contribution in [0.25, 0.3) is 0 Å². The number of halogens is 1. The van der Waals surface area contributed by atoms with Crippen LogP contribution in [-0.2, 0) is 14.8 Å². The van der Waals surface area contributed by atoms with Crippen LogP contribution in [0.2, 0.25) is 5.02 Å². The average molecular weight is 388 g/mol. The number of carbonyl (C=O) groups is 1. The Kier molecular flexibility index (Phi) is 5.52. The third kappa shape index (κ3) is 4.25. The van der Waals surface area contributed by atoms with Crippen molar-refractivity contribution in [1.29, 1.82) is 0 Å². The molecule has 9 heteroatoms. The summed E-state index contributed by atoms with van der Waals surface area (Å²) in [4.78, 5) is 13.6. The summed E-state index contributed by atoms with van der Waals surface area (Å²) in [6.45, 7) is 4.00. The van der Waals surface area contributed by atoms with Crippen molar-refractivity contribution < 1.29 is 17.9 Å².